The molecule has 0 amide bonds. The number of aryl methyl sites for hydroxylation is 3. The van der Waals surface area contributed by atoms with Gasteiger partial charge in [0.25, 0.3) is 10.1 Å². The van der Waals surface area contributed by atoms with Crippen molar-refractivity contribution in [1.82, 2.24) is 0 Å². The summed E-state index contributed by atoms with van der Waals surface area (Å²) in [6, 6.07) is 14.9. The van der Waals surface area contributed by atoms with Gasteiger partial charge in [-0.3, -0.25) is 9.33 Å². The lowest BCUT2D eigenvalue weighted by molar-refractivity contribution is 0.482. The Hall–Kier alpha value is -1.93. The van der Waals surface area contributed by atoms with Gasteiger partial charge in [0, 0.05) is 10.8 Å². The maximum absolute atomic E-state index is 10.9. The SMILES string of the molecule is Cc1cc(C)c(S(=O)(=O)O)c(C)c1.N=S(Cc1ccc(Cl)cc1)Cc1ccco1. The summed E-state index contributed by atoms with van der Waals surface area (Å²) in [7, 11) is -4.52. The van der Waals surface area contributed by atoms with Gasteiger partial charge in [0.05, 0.1) is 16.9 Å². The van der Waals surface area contributed by atoms with Gasteiger partial charge in [0.15, 0.2) is 0 Å². The number of benzene rings is 2. The molecule has 0 aliphatic carbocycles. The normalized spacial score (nSPS) is 12.2. The summed E-state index contributed by atoms with van der Waals surface area (Å²) in [5.74, 6) is 2.31. The Bertz CT molecular complexity index is 1050. The predicted molar refractivity (Wildman–Crippen MR) is 118 cm³/mol. The molecule has 2 aromatic carbocycles. The first-order valence-corrected chi connectivity index (χ1v) is 12.1. The van der Waals surface area contributed by atoms with Gasteiger partial charge in [-0.2, -0.15) is 8.42 Å². The third-order valence-corrected chi connectivity index (χ3v) is 6.74. The second-order valence-corrected chi connectivity index (χ2v) is 10.0. The van der Waals surface area contributed by atoms with Crippen molar-refractivity contribution in [3.05, 3.63) is 87.8 Å². The summed E-state index contributed by atoms with van der Waals surface area (Å²) in [6.07, 6.45) is 1.65. The number of hydrogen-bond acceptors (Lipinski definition) is 4. The minimum absolute atomic E-state index is 0.0260. The minimum Gasteiger partial charge on any atom is -0.468 e. The van der Waals surface area contributed by atoms with Crippen molar-refractivity contribution in [2.45, 2.75) is 37.2 Å². The predicted octanol–water partition coefficient (Wildman–Crippen LogP) is 5.87. The van der Waals surface area contributed by atoms with Crippen LogP contribution in [0.25, 0.3) is 0 Å². The average Bonchev–Trinajstić information content (AvgIpc) is 3.08. The fraction of sp³-hybridized carbons (Fsp3) is 0.238. The van der Waals surface area contributed by atoms with Crippen molar-refractivity contribution >= 4 is 32.4 Å². The highest BCUT2D eigenvalue weighted by molar-refractivity contribution is 7.86. The molecule has 0 bridgehead atoms. The number of nitrogens with one attached hydrogen (secondary N) is 1. The molecule has 1 atom stereocenters. The van der Waals surface area contributed by atoms with Gasteiger partial charge < -0.3 is 4.42 Å². The third-order valence-electron chi connectivity index (χ3n) is 4.01. The van der Waals surface area contributed by atoms with Gasteiger partial charge in [0.1, 0.15) is 5.76 Å². The van der Waals surface area contributed by atoms with E-state index in [0.29, 0.717) is 16.9 Å². The van der Waals surface area contributed by atoms with Gasteiger partial charge in [-0.05, 0) is 61.7 Å². The zero-order valence-corrected chi connectivity index (χ0v) is 18.9. The van der Waals surface area contributed by atoms with Crippen LogP contribution >= 0.6 is 11.6 Å². The van der Waals surface area contributed by atoms with Crippen molar-refractivity contribution in [2.24, 2.45) is 0 Å². The average molecular weight is 454 g/mol. The van der Waals surface area contributed by atoms with E-state index in [4.69, 9.17) is 25.4 Å². The lowest BCUT2D eigenvalue weighted by Crippen LogP contribution is -2.04. The topological polar surface area (TPSA) is 91.4 Å². The van der Waals surface area contributed by atoms with Crippen LogP contribution in [0.3, 0.4) is 0 Å². The Morgan fingerprint density at radius 3 is 2.10 bits per heavy atom. The molecule has 0 aliphatic heterocycles. The van der Waals surface area contributed by atoms with E-state index in [1.807, 2.05) is 43.3 Å². The molecule has 3 aromatic rings. The summed E-state index contributed by atoms with van der Waals surface area (Å²) < 4.78 is 44.0. The van der Waals surface area contributed by atoms with Crippen LogP contribution in [0.15, 0.2) is 64.1 Å². The Morgan fingerprint density at radius 2 is 1.62 bits per heavy atom. The lowest BCUT2D eigenvalue weighted by Gasteiger charge is -2.07. The van der Waals surface area contributed by atoms with Crippen LogP contribution < -0.4 is 0 Å². The summed E-state index contributed by atoms with van der Waals surface area (Å²) in [6.45, 7) is 5.22. The molecule has 0 spiro atoms. The first-order valence-electron chi connectivity index (χ1n) is 8.77. The third kappa shape index (κ3) is 7.44. The van der Waals surface area contributed by atoms with Gasteiger partial charge >= 0.3 is 0 Å². The molecule has 1 aromatic heterocycles. The van der Waals surface area contributed by atoms with E-state index in [2.05, 4.69) is 0 Å². The first-order chi connectivity index (χ1) is 13.6. The molecule has 5 nitrogen and oxygen atoms in total. The minimum atomic E-state index is -4.08. The molecule has 29 heavy (non-hydrogen) atoms. The number of rotatable bonds is 5. The Labute approximate surface area is 179 Å². The van der Waals surface area contributed by atoms with E-state index < -0.39 is 20.8 Å². The second kappa shape index (κ2) is 10.2. The molecule has 1 unspecified atom stereocenters. The molecule has 0 saturated heterocycles. The van der Waals surface area contributed by atoms with Crippen LogP contribution in [-0.4, -0.2) is 13.0 Å². The summed E-state index contributed by atoms with van der Waals surface area (Å²) >= 11 is 5.80. The van der Waals surface area contributed by atoms with E-state index in [9.17, 15) is 8.42 Å². The zero-order chi connectivity index (χ0) is 21.6. The maximum atomic E-state index is 10.9. The van der Waals surface area contributed by atoms with Gasteiger partial charge in [0.2, 0.25) is 0 Å². The molecular formula is C21H24ClNO4S2. The fourth-order valence-electron chi connectivity index (χ4n) is 2.97. The summed E-state index contributed by atoms with van der Waals surface area (Å²) in [5.41, 5.74) is 3.30. The molecule has 0 saturated carbocycles. The number of hydrogen-bond donors (Lipinski definition) is 2. The molecule has 1 heterocycles. The van der Waals surface area contributed by atoms with Gasteiger partial charge in [-0.25, -0.2) is 0 Å². The quantitative estimate of drug-likeness (QED) is 0.472. The lowest BCUT2D eigenvalue weighted by atomic mass is 10.1. The largest absolute Gasteiger partial charge is 0.468 e. The second-order valence-electron chi connectivity index (χ2n) is 6.69. The van der Waals surface area contributed by atoms with Crippen molar-refractivity contribution in [1.29, 1.82) is 4.78 Å². The first kappa shape index (κ1) is 23.3. The van der Waals surface area contributed by atoms with Crippen LogP contribution in [0.5, 0.6) is 0 Å². The Morgan fingerprint density at radius 1 is 1.03 bits per heavy atom. The molecule has 3 rings (SSSR count). The van der Waals surface area contributed by atoms with E-state index >= 15 is 0 Å². The zero-order valence-electron chi connectivity index (χ0n) is 16.5. The molecule has 0 fully saturated rings. The van der Waals surface area contributed by atoms with Crippen molar-refractivity contribution in [3.8, 4) is 0 Å². The van der Waals surface area contributed by atoms with E-state index in [1.54, 1.807) is 32.2 Å². The van der Waals surface area contributed by atoms with Gasteiger partial charge in [-0.1, -0.05) is 52.1 Å². The van der Waals surface area contributed by atoms with Crippen LogP contribution in [-0.2, 0) is 32.3 Å². The molecular weight excluding hydrogens is 430 g/mol. The smallest absolute Gasteiger partial charge is 0.295 e. The fourth-order valence-corrected chi connectivity index (χ4v) is 5.24. The van der Waals surface area contributed by atoms with E-state index in [-0.39, 0.29) is 4.90 Å². The standard InChI is InChI=1S/C12H12ClNOS.C9H12O3S/c13-11-5-3-10(4-6-11)8-16(14)9-12-2-1-7-15-12;1-6-4-7(2)9(8(3)5-6)13(10,11)12/h1-7,14H,8-9H2;4-5H,1-3H3,(H,10,11,12). The monoisotopic (exact) mass is 453 g/mol. The molecule has 0 radical (unpaired) electrons. The highest BCUT2D eigenvalue weighted by Crippen LogP contribution is 2.21. The van der Waals surface area contributed by atoms with Crippen molar-refractivity contribution < 1.29 is 17.4 Å². The summed E-state index contributed by atoms with van der Waals surface area (Å²) in [5, 5.41) is 0.736. The highest BCUT2D eigenvalue weighted by atomic mass is 35.5. The highest BCUT2D eigenvalue weighted by Gasteiger charge is 2.16. The summed E-state index contributed by atoms with van der Waals surface area (Å²) in [4.78, 5) is 0.0260. The maximum Gasteiger partial charge on any atom is 0.295 e. The van der Waals surface area contributed by atoms with E-state index in [1.165, 1.54) is 0 Å². The molecule has 8 heteroatoms. The van der Waals surface area contributed by atoms with E-state index in [0.717, 1.165) is 27.7 Å². The van der Waals surface area contributed by atoms with Crippen LogP contribution in [0.2, 0.25) is 5.02 Å². The molecule has 2 N–H and O–H groups in total. The Kier molecular flexibility index (Phi) is 8.22. The van der Waals surface area contributed by atoms with Crippen molar-refractivity contribution in [3.63, 3.8) is 0 Å². The van der Waals surface area contributed by atoms with Crippen LogP contribution in [0, 0.1) is 25.6 Å². The van der Waals surface area contributed by atoms with Crippen LogP contribution in [0.4, 0.5) is 0 Å². The van der Waals surface area contributed by atoms with Gasteiger partial charge in [-0.15, -0.1) is 0 Å². The Balaban J connectivity index is 0.000000212. The molecule has 0 aliphatic rings. The van der Waals surface area contributed by atoms with Crippen molar-refractivity contribution in [2.75, 3.05) is 0 Å². The van der Waals surface area contributed by atoms with Crippen LogP contribution in [0.1, 0.15) is 28.0 Å². The number of furan rings is 1. The molecule has 156 valence electrons. The number of halogens is 1.